The van der Waals surface area contributed by atoms with E-state index in [2.05, 4.69) is 76.8 Å². The summed E-state index contributed by atoms with van der Waals surface area (Å²) in [5.41, 5.74) is 1.51. The van der Waals surface area contributed by atoms with E-state index in [1.807, 2.05) is 6.92 Å². The van der Waals surface area contributed by atoms with Crippen LogP contribution in [0.5, 0.6) is 0 Å². The van der Waals surface area contributed by atoms with Gasteiger partial charge in [0, 0.05) is 43.7 Å². The highest BCUT2D eigenvalue weighted by Gasteiger charge is 2.48. The van der Waals surface area contributed by atoms with Crippen LogP contribution in [0.15, 0.2) is 12.7 Å². The highest BCUT2D eigenvalue weighted by molar-refractivity contribution is 6.29. The molecule has 9 N–H and O–H groups in total. The third kappa shape index (κ3) is 9.68. The molecule has 0 aromatic carbocycles. The molecule has 9 rings (SSSR count). The summed E-state index contributed by atoms with van der Waals surface area (Å²) in [6.07, 6.45) is 1.41. The molecule has 0 spiro atoms. The normalized spacial score (nSPS) is 28.9. The lowest BCUT2D eigenvalue weighted by molar-refractivity contribution is -0.137. The number of nitrogens with one attached hydrogen (secondary N) is 6. The van der Waals surface area contributed by atoms with Crippen molar-refractivity contribution in [3.8, 4) is 0 Å². The van der Waals surface area contributed by atoms with Crippen LogP contribution in [0.2, 0.25) is 15.9 Å². The number of fused-ring (bicyclic) bond motifs is 2. The zero-order valence-corrected chi connectivity index (χ0v) is 38.1. The number of aromatic nitrogens is 11. The number of imidazole rings is 2. The molecule has 5 aromatic rings. The highest BCUT2D eigenvalue weighted by atomic mass is 35.5. The smallest absolute Gasteiger partial charge is 0.252 e. The lowest BCUT2D eigenvalue weighted by Crippen LogP contribution is -2.42. The number of aliphatic hydroxyl groups is 3. The summed E-state index contributed by atoms with van der Waals surface area (Å²) in [5, 5.41) is 51.3. The van der Waals surface area contributed by atoms with Crippen molar-refractivity contribution in [2.75, 3.05) is 34.4 Å². The Morgan fingerprint density at radius 3 is 1.56 bits per heavy atom. The van der Waals surface area contributed by atoms with Crippen LogP contribution in [0.3, 0.4) is 0 Å². The third-order valence-corrected chi connectivity index (χ3v) is 12.8. The average molecular weight is 975 g/mol. The van der Waals surface area contributed by atoms with Crippen LogP contribution in [0.25, 0.3) is 22.3 Å². The van der Waals surface area contributed by atoms with Gasteiger partial charge < -0.3 is 56.7 Å². The zero-order chi connectivity index (χ0) is 46.2. The standard InChI is InChI=1S/C39H50Cl3N17O7/c1-3-43-31(63)21-13-20(60)33(65-21)58-14-45-22-27(51-35(40)53-29(22)58)47-16-5-9-18(10-6-16)49-38-55-37(42)56-39(57-38)50-19-11-7-17(8-12-19)48-28-23-30(54-36(41)52-28)59(15-46-23)34-25(62)24(61)26(66-34)32(64)44-4-2/h14-21,24-26,33-34,60-62H,3-13H2,1-2H3,(H,43,63)(H,44,64)(H,47,51,53)(H,48,52,54)(H2,49,50,55,56,57)/t16-,17-,18-,19-,20-,21+,24+,25-,26+,33-,34-/m1/s1. The van der Waals surface area contributed by atoms with E-state index in [9.17, 15) is 24.9 Å². The molecule has 66 heavy (non-hydrogen) atoms. The lowest BCUT2D eigenvalue weighted by Gasteiger charge is -2.31. The minimum atomic E-state index is -1.46. The summed E-state index contributed by atoms with van der Waals surface area (Å²) in [4.78, 5) is 64.7. The first-order chi connectivity index (χ1) is 31.8. The van der Waals surface area contributed by atoms with Crippen LogP contribution in [0, 0.1) is 0 Å². The molecule has 4 fully saturated rings. The van der Waals surface area contributed by atoms with E-state index < -0.39 is 48.9 Å². The second-order valence-corrected chi connectivity index (χ2v) is 17.8. The largest absolute Gasteiger partial charge is 0.388 e. The number of carbonyl (C=O) groups excluding carboxylic acids is 2. The van der Waals surface area contributed by atoms with E-state index in [-0.39, 0.29) is 58.0 Å². The van der Waals surface area contributed by atoms with Crippen molar-refractivity contribution in [1.29, 1.82) is 0 Å². The van der Waals surface area contributed by atoms with Gasteiger partial charge in [-0.2, -0.15) is 34.9 Å². The molecule has 5 aromatic heterocycles. The van der Waals surface area contributed by atoms with Gasteiger partial charge in [0.15, 0.2) is 52.5 Å². The Kier molecular flexibility index (Phi) is 13.7. The van der Waals surface area contributed by atoms with Crippen molar-refractivity contribution in [1.82, 2.24) is 64.6 Å². The maximum Gasteiger partial charge on any atom is 0.252 e. The quantitative estimate of drug-likeness (QED) is 0.0721. The third-order valence-electron chi connectivity index (χ3n) is 12.3. The Bertz CT molecular complexity index is 2560. The van der Waals surface area contributed by atoms with Crippen LogP contribution < -0.4 is 31.9 Å². The summed E-state index contributed by atoms with van der Waals surface area (Å²) in [5.74, 6) is 0.795. The average Bonchev–Trinajstić information content (AvgIpc) is 4.07. The second-order valence-electron chi connectivity index (χ2n) is 16.8. The van der Waals surface area contributed by atoms with Gasteiger partial charge in [-0.1, -0.05) is 0 Å². The molecule has 7 heterocycles. The van der Waals surface area contributed by atoms with Crippen molar-refractivity contribution in [2.24, 2.45) is 0 Å². The van der Waals surface area contributed by atoms with Crippen molar-refractivity contribution in [2.45, 2.75) is 139 Å². The number of anilines is 4. The number of amides is 2. The molecule has 0 bridgehead atoms. The predicted octanol–water partition coefficient (Wildman–Crippen LogP) is 2.32. The molecule has 2 saturated carbocycles. The summed E-state index contributed by atoms with van der Waals surface area (Å²) >= 11 is 19.1. The molecule has 4 aliphatic rings. The van der Waals surface area contributed by atoms with Crippen molar-refractivity contribution >= 4 is 92.5 Å². The summed E-state index contributed by atoms with van der Waals surface area (Å²) < 4.78 is 14.7. The number of hydrogen-bond donors (Lipinski definition) is 9. The topological polar surface area (TPSA) is 311 Å². The number of carbonyl (C=O) groups is 2. The number of rotatable bonds is 14. The first-order valence-corrected chi connectivity index (χ1v) is 23.2. The van der Waals surface area contributed by atoms with E-state index in [0.29, 0.717) is 53.3 Å². The SMILES string of the molecule is CCNC(=O)[C@@H]1C[C@@H](O)[C@H](n2cnc3c(N[C@H]4CC[C@H](Nc5nc(Cl)nc(N[C@H]6CC[C@H](Nc7nc(Cl)nc8c7ncn8[C@@H]7O[C@H](C(=O)NCC)[C@@H](O)[C@H]7O)CC6)n5)CC4)nc(Cl)nc32)O1. The van der Waals surface area contributed by atoms with Gasteiger partial charge in [-0.3, -0.25) is 18.7 Å². The molecule has 2 aliphatic heterocycles. The Morgan fingerprint density at radius 2 is 1.06 bits per heavy atom. The monoisotopic (exact) mass is 973 g/mol. The maximum atomic E-state index is 12.4. The molecule has 27 heteroatoms. The van der Waals surface area contributed by atoms with Crippen molar-refractivity contribution in [3.63, 3.8) is 0 Å². The fourth-order valence-corrected chi connectivity index (χ4v) is 9.58. The van der Waals surface area contributed by atoms with Crippen LogP contribution in [-0.4, -0.2) is 149 Å². The number of halogens is 3. The van der Waals surface area contributed by atoms with E-state index in [1.54, 1.807) is 11.5 Å². The fraction of sp³-hybridized carbons (Fsp3) is 0.615. The minimum absolute atomic E-state index is 0.00515. The highest BCUT2D eigenvalue weighted by Crippen LogP contribution is 2.36. The molecule has 2 amide bonds. The maximum absolute atomic E-state index is 12.4. The summed E-state index contributed by atoms with van der Waals surface area (Å²) in [7, 11) is 0. The van der Waals surface area contributed by atoms with Crippen LogP contribution in [0.4, 0.5) is 23.5 Å². The molecular formula is C39H50Cl3N17O7. The number of aliphatic hydroxyl groups excluding tert-OH is 3. The number of hydrogen-bond acceptors (Lipinski definition) is 20. The Hall–Kier alpha value is -5.08. The molecule has 354 valence electrons. The molecule has 2 aliphatic carbocycles. The molecule has 0 radical (unpaired) electrons. The zero-order valence-electron chi connectivity index (χ0n) is 35.8. The molecule has 0 unspecified atom stereocenters. The summed E-state index contributed by atoms with van der Waals surface area (Å²) in [6.45, 7) is 4.35. The van der Waals surface area contributed by atoms with Crippen molar-refractivity contribution < 1.29 is 34.4 Å². The number of likely N-dealkylation sites (N-methyl/N-ethyl adjacent to an activating group) is 2. The Labute approximate surface area is 391 Å². The first-order valence-electron chi connectivity index (χ1n) is 22.0. The second kappa shape index (κ2) is 19.6. The number of ether oxygens (including phenoxy) is 2. The van der Waals surface area contributed by atoms with E-state index >= 15 is 0 Å². The van der Waals surface area contributed by atoms with Gasteiger partial charge in [0.05, 0.1) is 12.7 Å². The Morgan fingerprint density at radius 1 is 0.606 bits per heavy atom. The van der Waals surface area contributed by atoms with Gasteiger partial charge in [-0.25, -0.2) is 9.97 Å². The Balaban J connectivity index is 0.769. The van der Waals surface area contributed by atoms with Gasteiger partial charge in [0.1, 0.15) is 24.4 Å². The molecule has 2 saturated heterocycles. The van der Waals surface area contributed by atoms with Crippen LogP contribution in [0.1, 0.15) is 84.1 Å². The lowest BCUT2D eigenvalue weighted by atomic mass is 9.91. The predicted molar refractivity (Wildman–Crippen MR) is 240 cm³/mol. The van der Waals surface area contributed by atoms with Gasteiger partial charge in [0.2, 0.25) is 33.7 Å². The first kappa shape index (κ1) is 46.0. The van der Waals surface area contributed by atoms with Crippen molar-refractivity contribution in [3.05, 3.63) is 28.5 Å². The van der Waals surface area contributed by atoms with E-state index in [4.69, 9.17) is 44.3 Å². The van der Waals surface area contributed by atoms with Crippen LogP contribution >= 0.6 is 34.8 Å². The number of nitrogens with zero attached hydrogens (tertiary/aromatic N) is 11. The van der Waals surface area contributed by atoms with Gasteiger partial charge >= 0.3 is 0 Å². The minimum Gasteiger partial charge on any atom is -0.388 e. The van der Waals surface area contributed by atoms with Crippen LogP contribution in [-0.2, 0) is 19.1 Å². The van der Waals surface area contributed by atoms with Gasteiger partial charge in [-0.05, 0) is 100 Å². The van der Waals surface area contributed by atoms with Gasteiger partial charge in [-0.15, -0.1) is 0 Å². The van der Waals surface area contributed by atoms with E-state index in [0.717, 1.165) is 51.4 Å². The summed E-state index contributed by atoms with van der Waals surface area (Å²) in [6, 6.07) is 0.208. The fourth-order valence-electron chi connectivity index (χ4n) is 9.09. The van der Waals surface area contributed by atoms with Gasteiger partial charge in [0.25, 0.3) is 5.91 Å². The molecule has 24 nitrogen and oxygen atoms in total. The van der Waals surface area contributed by atoms with E-state index in [1.165, 1.54) is 17.2 Å². The molecule has 7 atom stereocenters. The molecular weight excluding hydrogens is 925 g/mol.